The summed E-state index contributed by atoms with van der Waals surface area (Å²) in [6, 6.07) is 11.7. The molecule has 0 atom stereocenters. The van der Waals surface area contributed by atoms with Gasteiger partial charge in [-0.3, -0.25) is 14.9 Å². The number of nitrogens with two attached hydrogens (primary N) is 1. The quantitative estimate of drug-likeness (QED) is 0.640. The normalized spacial score (nSPS) is 10.1. The van der Waals surface area contributed by atoms with E-state index in [2.05, 4.69) is 21.2 Å². The number of nitro groups is 1. The molecule has 0 bridgehead atoms. The van der Waals surface area contributed by atoms with Crippen molar-refractivity contribution in [2.24, 2.45) is 5.73 Å². The van der Waals surface area contributed by atoms with Crippen LogP contribution in [0.1, 0.15) is 15.9 Å². The SMILES string of the molecule is NC(=O)c1cccc(NCc2ccc(Br)c([N+](=O)[O-])c2)c1. The molecule has 0 fully saturated rings. The first-order chi connectivity index (χ1) is 9.97. The van der Waals surface area contributed by atoms with Crippen molar-refractivity contribution < 1.29 is 9.72 Å². The van der Waals surface area contributed by atoms with Crippen LogP contribution in [0.5, 0.6) is 0 Å². The molecule has 7 heteroatoms. The molecule has 21 heavy (non-hydrogen) atoms. The number of primary amides is 1. The van der Waals surface area contributed by atoms with Crippen LogP contribution >= 0.6 is 15.9 Å². The molecule has 0 aliphatic rings. The number of anilines is 1. The lowest BCUT2D eigenvalue weighted by atomic mass is 10.1. The first-order valence-corrected chi connectivity index (χ1v) is 6.83. The lowest BCUT2D eigenvalue weighted by Crippen LogP contribution is -2.11. The van der Waals surface area contributed by atoms with E-state index >= 15 is 0 Å². The minimum atomic E-state index is -0.502. The van der Waals surface area contributed by atoms with E-state index in [-0.39, 0.29) is 5.69 Å². The average molecular weight is 350 g/mol. The molecule has 1 amide bonds. The van der Waals surface area contributed by atoms with Crippen LogP contribution in [0.4, 0.5) is 11.4 Å². The lowest BCUT2D eigenvalue weighted by molar-refractivity contribution is -0.385. The highest BCUT2D eigenvalue weighted by molar-refractivity contribution is 9.10. The predicted molar refractivity (Wildman–Crippen MR) is 83.1 cm³/mol. The third kappa shape index (κ3) is 3.79. The van der Waals surface area contributed by atoms with Crippen LogP contribution in [-0.4, -0.2) is 10.8 Å². The summed E-state index contributed by atoms with van der Waals surface area (Å²) in [6.07, 6.45) is 0. The van der Waals surface area contributed by atoms with Gasteiger partial charge in [-0.1, -0.05) is 12.1 Å². The molecule has 6 nitrogen and oxygen atoms in total. The number of benzene rings is 2. The summed E-state index contributed by atoms with van der Waals surface area (Å²) >= 11 is 3.14. The van der Waals surface area contributed by atoms with Gasteiger partial charge in [0.25, 0.3) is 5.69 Å². The third-order valence-corrected chi connectivity index (χ3v) is 3.52. The van der Waals surface area contributed by atoms with Crippen molar-refractivity contribution >= 4 is 33.2 Å². The van der Waals surface area contributed by atoms with Crippen molar-refractivity contribution in [2.75, 3.05) is 5.32 Å². The van der Waals surface area contributed by atoms with Gasteiger partial charge in [0.1, 0.15) is 0 Å². The summed E-state index contributed by atoms with van der Waals surface area (Å²) in [5.74, 6) is -0.502. The van der Waals surface area contributed by atoms with Crippen molar-refractivity contribution in [2.45, 2.75) is 6.54 Å². The molecule has 0 aromatic heterocycles. The Hall–Kier alpha value is -2.41. The molecule has 0 unspecified atom stereocenters. The summed E-state index contributed by atoms with van der Waals surface area (Å²) in [5, 5.41) is 14.0. The molecule has 2 aromatic rings. The van der Waals surface area contributed by atoms with Gasteiger partial charge in [-0.2, -0.15) is 0 Å². The van der Waals surface area contributed by atoms with Gasteiger partial charge in [-0.15, -0.1) is 0 Å². The van der Waals surface area contributed by atoms with Crippen LogP contribution in [0, 0.1) is 10.1 Å². The fraction of sp³-hybridized carbons (Fsp3) is 0.0714. The van der Waals surface area contributed by atoms with Gasteiger partial charge < -0.3 is 11.1 Å². The van der Waals surface area contributed by atoms with Gasteiger partial charge >= 0.3 is 0 Å². The van der Waals surface area contributed by atoms with Gasteiger partial charge in [0.15, 0.2) is 0 Å². The molecule has 0 heterocycles. The molecular formula is C14H12BrN3O3. The van der Waals surface area contributed by atoms with Crippen LogP contribution in [0.15, 0.2) is 46.9 Å². The van der Waals surface area contributed by atoms with Crippen LogP contribution in [0.3, 0.4) is 0 Å². The van der Waals surface area contributed by atoms with Crippen LogP contribution < -0.4 is 11.1 Å². The minimum Gasteiger partial charge on any atom is -0.381 e. The highest BCUT2D eigenvalue weighted by Gasteiger charge is 2.12. The van der Waals surface area contributed by atoms with Crippen LogP contribution in [0.2, 0.25) is 0 Å². The molecule has 0 aliphatic carbocycles. The van der Waals surface area contributed by atoms with Crippen molar-refractivity contribution in [3.8, 4) is 0 Å². The van der Waals surface area contributed by atoms with E-state index in [9.17, 15) is 14.9 Å². The first kappa shape index (κ1) is 15.0. The van der Waals surface area contributed by atoms with Crippen molar-refractivity contribution in [1.82, 2.24) is 0 Å². The number of hydrogen-bond acceptors (Lipinski definition) is 4. The monoisotopic (exact) mass is 349 g/mol. The molecule has 0 spiro atoms. The number of rotatable bonds is 5. The second-order valence-electron chi connectivity index (χ2n) is 4.34. The maximum atomic E-state index is 11.1. The largest absolute Gasteiger partial charge is 0.381 e. The Kier molecular flexibility index (Phi) is 4.54. The zero-order valence-electron chi connectivity index (χ0n) is 10.9. The smallest absolute Gasteiger partial charge is 0.283 e. The predicted octanol–water partition coefficient (Wildman–Crippen LogP) is 3.07. The zero-order chi connectivity index (χ0) is 15.4. The minimum absolute atomic E-state index is 0.0141. The molecule has 2 rings (SSSR count). The highest BCUT2D eigenvalue weighted by Crippen LogP contribution is 2.26. The lowest BCUT2D eigenvalue weighted by Gasteiger charge is -2.08. The zero-order valence-corrected chi connectivity index (χ0v) is 12.5. The van der Waals surface area contributed by atoms with E-state index in [0.717, 1.165) is 11.3 Å². The average Bonchev–Trinajstić information content (AvgIpc) is 2.46. The van der Waals surface area contributed by atoms with Gasteiger partial charge in [0.2, 0.25) is 5.91 Å². The Morgan fingerprint density at radius 1 is 1.29 bits per heavy atom. The number of amides is 1. The van der Waals surface area contributed by atoms with Crippen LogP contribution in [0.25, 0.3) is 0 Å². The van der Waals surface area contributed by atoms with Gasteiger partial charge in [-0.05, 0) is 45.8 Å². The summed E-state index contributed by atoms with van der Waals surface area (Å²) in [7, 11) is 0. The number of nitro benzene ring substituents is 1. The van der Waals surface area contributed by atoms with Crippen molar-refractivity contribution in [3.05, 3.63) is 68.2 Å². The second-order valence-corrected chi connectivity index (χ2v) is 5.20. The molecule has 0 radical (unpaired) electrons. The summed E-state index contributed by atoms with van der Waals surface area (Å²) in [5.41, 5.74) is 7.11. The molecule has 0 saturated carbocycles. The van der Waals surface area contributed by atoms with E-state index < -0.39 is 10.8 Å². The Bertz CT molecular complexity index is 704. The number of hydrogen-bond donors (Lipinski definition) is 2. The molecule has 108 valence electrons. The van der Waals surface area contributed by atoms with Gasteiger partial charge in [-0.25, -0.2) is 0 Å². The Morgan fingerprint density at radius 2 is 2.05 bits per heavy atom. The van der Waals surface area contributed by atoms with Gasteiger partial charge in [0.05, 0.1) is 9.40 Å². The molecule has 2 aromatic carbocycles. The summed E-state index contributed by atoms with van der Waals surface area (Å²) in [6.45, 7) is 0.399. The van der Waals surface area contributed by atoms with Gasteiger partial charge in [0, 0.05) is 23.9 Å². The maximum Gasteiger partial charge on any atom is 0.283 e. The van der Waals surface area contributed by atoms with Crippen molar-refractivity contribution in [3.63, 3.8) is 0 Å². The third-order valence-electron chi connectivity index (χ3n) is 2.85. The Labute approximate surface area is 129 Å². The maximum absolute atomic E-state index is 11.1. The number of carbonyl (C=O) groups excluding carboxylic acids is 1. The van der Waals surface area contributed by atoms with E-state index in [4.69, 9.17) is 5.73 Å². The van der Waals surface area contributed by atoms with E-state index in [1.165, 1.54) is 6.07 Å². The Morgan fingerprint density at radius 3 is 2.71 bits per heavy atom. The first-order valence-electron chi connectivity index (χ1n) is 6.04. The fourth-order valence-corrected chi connectivity index (χ4v) is 2.19. The molecule has 0 saturated heterocycles. The Balaban J connectivity index is 2.13. The van der Waals surface area contributed by atoms with Crippen LogP contribution in [-0.2, 0) is 6.54 Å². The van der Waals surface area contributed by atoms with E-state index in [0.29, 0.717) is 16.6 Å². The molecule has 0 aliphatic heterocycles. The standard InChI is InChI=1S/C14H12BrN3O3/c15-12-5-4-9(6-13(12)18(20)21)8-17-11-3-1-2-10(7-11)14(16)19/h1-7,17H,8H2,(H2,16,19). The summed E-state index contributed by atoms with van der Waals surface area (Å²) < 4.78 is 0.437. The summed E-state index contributed by atoms with van der Waals surface area (Å²) in [4.78, 5) is 21.5. The second kappa shape index (κ2) is 6.36. The highest BCUT2D eigenvalue weighted by atomic mass is 79.9. The number of nitrogens with zero attached hydrogens (tertiary/aromatic N) is 1. The van der Waals surface area contributed by atoms with E-state index in [1.54, 1.807) is 36.4 Å². The van der Waals surface area contributed by atoms with E-state index in [1.807, 2.05) is 0 Å². The molecule has 3 N–H and O–H groups in total. The van der Waals surface area contributed by atoms with Crippen molar-refractivity contribution in [1.29, 1.82) is 0 Å². The topological polar surface area (TPSA) is 98.3 Å². The fourth-order valence-electron chi connectivity index (χ4n) is 1.79. The number of halogens is 1. The molecular weight excluding hydrogens is 338 g/mol. The number of carbonyl (C=O) groups is 1. The number of nitrogens with one attached hydrogen (secondary N) is 1.